The highest BCUT2D eigenvalue weighted by Gasteiger charge is 2.53. The number of rotatable bonds is 7. The fourth-order valence-electron chi connectivity index (χ4n) is 11.0. The molecule has 0 saturated heterocycles. The van der Waals surface area contributed by atoms with Gasteiger partial charge in [0.25, 0.3) is 0 Å². The zero-order valence-corrected chi connectivity index (χ0v) is 36.0. The second-order valence-electron chi connectivity index (χ2n) is 17.7. The average molecular weight is 819 g/mol. The summed E-state index contributed by atoms with van der Waals surface area (Å²) in [5, 5.41) is 2.45. The lowest BCUT2D eigenvalue weighted by Crippen LogP contribution is -2.41. The Labute approximate surface area is 376 Å². The first-order valence-corrected chi connectivity index (χ1v) is 22.3. The zero-order valence-electron chi connectivity index (χ0n) is 36.0. The smallest absolute Gasteiger partial charge is 0.0721 e. The predicted octanol–water partition coefficient (Wildman–Crippen LogP) is 16.4. The Hall–Kier alpha value is -7.94. The minimum absolute atomic E-state index is 0.311. The van der Waals surface area contributed by atoms with E-state index in [0.29, 0.717) is 0 Å². The van der Waals surface area contributed by atoms with Crippen molar-refractivity contribution >= 4 is 44.9 Å². The van der Waals surface area contributed by atoms with E-state index >= 15 is 0 Å². The number of benzene rings is 10. The molecule has 0 heterocycles. The van der Waals surface area contributed by atoms with E-state index in [-0.39, 0.29) is 5.41 Å². The van der Waals surface area contributed by atoms with E-state index < -0.39 is 5.41 Å². The number of para-hydroxylation sites is 2. The molecule has 1 spiro atoms. The van der Waals surface area contributed by atoms with E-state index in [1.54, 1.807) is 0 Å². The topological polar surface area (TPSA) is 6.48 Å². The molecule has 2 heteroatoms. The average Bonchev–Trinajstić information content (AvgIpc) is 3.65. The van der Waals surface area contributed by atoms with Crippen molar-refractivity contribution in [2.45, 2.75) is 24.7 Å². The Bertz CT molecular complexity index is 3310. The third kappa shape index (κ3) is 5.80. The maximum absolute atomic E-state index is 2.52. The third-order valence-corrected chi connectivity index (χ3v) is 13.9. The van der Waals surface area contributed by atoms with Crippen LogP contribution in [0.4, 0.5) is 34.1 Å². The van der Waals surface area contributed by atoms with Crippen LogP contribution in [-0.2, 0) is 10.8 Å². The maximum Gasteiger partial charge on any atom is 0.0721 e. The molecule has 2 nitrogen and oxygen atoms in total. The monoisotopic (exact) mass is 818 g/mol. The largest absolute Gasteiger partial charge is 0.310 e. The van der Waals surface area contributed by atoms with E-state index in [1.165, 1.54) is 66.4 Å². The normalized spacial score (nSPS) is 13.7. The Kier molecular flexibility index (Phi) is 8.77. The molecule has 304 valence electrons. The number of hydrogen-bond acceptors (Lipinski definition) is 2. The quantitative estimate of drug-likeness (QED) is 0.158. The van der Waals surface area contributed by atoms with Gasteiger partial charge in [0.15, 0.2) is 0 Å². The first kappa shape index (κ1) is 37.8. The lowest BCUT2D eigenvalue weighted by molar-refractivity contribution is 0.563. The summed E-state index contributed by atoms with van der Waals surface area (Å²) >= 11 is 0. The summed E-state index contributed by atoms with van der Waals surface area (Å²) in [6.45, 7) is 4.83. The van der Waals surface area contributed by atoms with Gasteiger partial charge in [-0.25, -0.2) is 0 Å². The molecule has 12 rings (SSSR count). The molecule has 0 N–H and O–H groups in total. The van der Waals surface area contributed by atoms with E-state index in [0.717, 1.165) is 34.1 Å². The van der Waals surface area contributed by atoms with Crippen molar-refractivity contribution in [3.8, 4) is 22.3 Å². The minimum Gasteiger partial charge on any atom is -0.310 e. The van der Waals surface area contributed by atoms with Gasteiger partial charge in [0.05, 0.1) is 5.41 Å². The van der Waals surface area contributed by atoms with E-state index in [9.17, 15) is 0 Å². The first-order chi connectivity index (χ1) is 31.5. The highest BCUT2D eigenvalue weighted by Crippen LogP contribution is 2.63. The first-order valence-electron chi connectivity index (χ1n) is 22.3. The Morgan fingerprint density at radius 2 is 0.656 bits per heavy atom. The molecule has 0 radical (unpaired) electrons. The maximum atomic E-state index is 2.52. The molecule has 2 aliphatic rings. The van der Waals surface area contributed by atoms with Crippen molar-refractivity contribution in [2.24, 2.45) is 0 Å². The molecular weight excluding hydrogens is 773 g/mol. The molecule has 0 fully saturated rings. The van der Waals surface area contributed by atoms with Crippen molar-refractivity contribution in [1.29, 1.82) is 0 Å². The minimum atomic E-state index is -0.606. The molecule has 2 aliphatic carbocycles. The van der Waals surface area contributed by atoms with Crippen LogP contribution in [-0.4, -0.2) is 0 Å². The van der Waals surface area contributed by atoms with Crippen LogP contribution in [0.1, 0.15) is 47.2 Å². The van der Waals surface area contributed by atoms with Crippen LogP contribution in [0.15, 0.2) is 243 Å². The fourth-order valence-corrected chi connectivity index (χ4v) is 11.0. The molecule has 0 amide bonds. The van der Waals surface area contributed by atoms with Gasteiger partial charge in [-0.15, -0.1) is 0 Å². The van der Waals surface area contributed by atoms with Crippen molar-refractivity contribution in [1.82, 2.24) is 0 Å². The summed E-state index contributed by atoms with van der Waals surface area (Å²) < 4.78 is 0. The number of hydrogen-bond donors (Lipinski definition) is 0. The van der Waals surface area contributed by atoms with Crippen molar-refractivity contribution < 1.29 is 0 Å². The highest BCUT2D eigenvalue weighted by atomic mass is 15.1. The standard InChI is InChI=1S/C62H46N2/c1-61(2)57-38-36-51(63(47-22-8-4-9-23-47)49-33-30-45(31-34-49)43-18-6-3-7-19-43)41-59(57)62(55-28-16-14-26-53(55)54-27-15-17-29-56(54)62)60-42-52(37-39-58(60)61)64(48-24-10-5-11-25-48)50-35-32-44-20-12-13-21-46(44)40-50/h3-42H,1-2H3. The molecular formula is C62H46N2. The lowest BCUT2D eigenvalue weighted by Gasteiger charge is -2.47. The molecule has 0 bridgehead atoms. The third-order valence-electron chi connectivity index (χ3n) is 13.9. The summed E-state index contributed by atoms with van der Waals surface area (Å²) in [7, 11) is 0. The van der Waals surface area contributed by atoms with Crippen LogP contribution < -0.4 is 9.80 Å². The fraction of sp³-hybridized carbons (Fsp3) is 0.0645. The number of fused-ring (bicyclic) bond motifs is 10. The van der Waals surface area contributed by atoms with Gasteiger partial charge < -0.3 is 9.80 Å². The molecule has 0 aliphatic heterocycles. The van der Waals surface area contributed by atoms with Crippen LogP contribution in [0.5, 0.6) is 0 Å². The molecule has 10 aromatic rings. The van der Waals surface area contributed by atoms with Gasteiger partial charge in [-0.3, -0.25) is 0 Å². The Morgan fingerprint density at radius 3 is 1.22 bits per heavy atom. The lowest BCUT2D eigenvalue weighted by atomic mass is 9.55. The van der Waals surface area contributed by atoms with Crippen LogP contribution in [0.3, 0.4) is 0 Å². The second kappa shape index (κ2) is 14.9. The van der Waals surface area contributed by atoms with Gasteiger partial charge in [-0.2, -0.15) is 0 Å². The SMILES string of the molecule is CC1(C)c2ccc(N(c3ccccc3)c3ccc(-c4ccccc4)cc3)cc2C2(c3ccccc3-c3ccccc32)c2cc(N(c3ccccc3)c3ccc4ccccc4c3)ccc21. The molecule has 0 aromatic heterocycles. The van der Waals surface area contributed by atoms with Gasteiger partial charge in [0.1, 0.15) is 0 Å². The molecule has 0 unspecified atom stereocenters. The van der Waals surface area contributed by atoms with E-state index in [4.69, 9.17) is 0 Å². The van der Waals surface area contributed by atoms with E-state index in [1.807, 2.05) is 0 Å². The molecule has 0 atom stereocenters. The van der Waals surface area contributed by atoms with Gasteiger partial charge in [0, 0.05) is 39.5 Å². The summed E-state index contributed by atoms with van der Waals surface area (Å²) in [5.41, 5.74) is 18.7. The summed E-state index contributed by atoms with van der Waals surface area (Å²) in [4.78, 5) is 4.85. The van der Waals surface area contributed by atoms with Crippen LogP contribution in [0.2, 0.25) is 0 Å². The Morgan fingerprint density at radius 1 is 0.266 bits per heavy atom. The van der Waals surface area contributed by atoms with Crippen LogP contribution in [0, 0.1) is 0 Å². The van der Waals surface area contributed by atoms with E-state index in [2.05, 4.69) is 266 Å². The van der Waals surface area contributed by atoms with Crippen molar-refractivity contribution in [2.75, 3.05) is 9.80 Å². The molecule has 10 aromatic carbocycles. The summed E-state index contributed by atoms with van der Waals surface area (Å²) in [5.74, 6) is 0. The van der Waals surface area contributed by atoms with Gasteiger partial charge >= 0.3 is 0 Å². The van der Waals surface area contributed by atoms with Crippen LogP contribution in [0.25, 0.3) is 33.0 Å². The number of nitrogens with zero attached hydrogens (tertiary/aromatic N) is 2. The second-order valence-corrected chi connectivity index (χ2v) is 17.7. The Balaban J connectivity index is 1.12. The molecule has 0 saturated carbocycles. The predicted molar refractivity (Wildman–Crippen MR) is 268 cm³/mol. The zero-order chi connectivity index (χ0) is 42.8. The summed E-state index contributed by atoms with van der Waals surface area (Å²) in [6.07, 6.45) is 0. The van der Waals surface area contributed by atoms with Gasteiger partial charge in [-0.1, -0.05) is 184 Å². The van der Waals surface area contributed by atoms with Gasteiger partial charge in [0.2, 0.25) is 0 Å². The molecule has 64 heavy (non-hydrogen) atoms. The highest BCUT2D eigenvalue weighted by molar-refractivity contribution is 5.93. The van der Waals surface area contributed by atoms with Crippen LogP contribution >= 0.6 is 0 Å². The van der Waals surface area contributed by atoms with Crippen molar-refractivity contribution in [3.63, 3.8) is 0 Å². The number of anilines is 6. The van der Waals surface area contributed by atoms with Crippen molar-refractivity contribution in [3.05, 3.63) is 276 Å². The summed E-state index contributed by atoms with van der Waals surface area (Å²) in [6, 6.07) is 89.6. The van der Waals surface area contributed by atoms with Gasteiger partial charge in [-0.05, 0) is 139 Å².